The number of anilines is 3. The van der Waals surface area contributed by atoms with E-state index in [-0.39, 0.29) is 12.0 Å². The number of nitro groups is 1. The van der Waals surface area contributed by atoms with Crippen LogP contribution in [0.5, 0.6) is 0 Å². The van der Waals surface area contributed by atoms with Crippen molar-refractivity contribution < 1.29 is 9.66 Å². The van der Waals surface area contributed by atoms with Crippen molar-refractivity contribution >= 4 is 22.9 Å². The maximum atomic E-state index is 10.8. The van der Waals surface area contributed by atoms with Crippen molar-refractivity contribution in [3.8, 4) is 0 Å². The molecule has 1 aliphatic rings. The normalized spacial score (nSPS) is 17.1. The van der Waals surface area contributed by atoms with Gasteiger partial charge in [-0.05, 0) is 25.1 Å². The van der Waals surface area contributed by atoms with Gasteiger partial charge in [0.25, 0.3) is 5.69 Å². The summed E-state index contributed by atoms with van der Waals surface area (Å²) >= 11 is 0. The Morgan fingerprint density at radius 1 is 1.39 bits per heavy atom. The highest BCUT2D eigenvalue weighted by molar-refractivity contribution is 5.76. The van der Waals surface area contributed by atoms with Gasteiger partial charge in [0.1, 0.15) is 12.0 Å². The minimum Gasteiger partial charge on any atom is -0.346 e. The Bertz CT molecular complexity index is 692. The molecule has 8 nitrogen and oxygen atoms in total. The summed E-state index contributed by atoms with van der Waals surface area (Å²) in [6.07, 6.45) is 0.945. The first kappa shape index (κ1) is 15.2. The third kappa shape index (κ3) is 3.22. The molecule has 0 spiro atoms. The number of aromatic nitrogens is 1. The van der Waals surface area contributed by atoms with Gasteiger partial charge in [0.05, 0.1) is 23.0 Å². The lowest BCUT2D eigenvalue weighted by atomic mass is 10.2. The summed E-state index contributed by atoms with van der Waals surface area (Å²) in [7, 11) is 0. The molecule has 8 heteroatoms. The van der Waals surface area contributed by atoms with Crippen molar-refractivity contribution in [1.82, 2.24) is 10.3 Å². The zero-order valence-electron chi connectivity index (χ0n) is 12.6. The largest absolute Gasteiger partial charge is 0.346 e. The lowest BCUT2D eigenvalue weighted by Crippen LogP contribution is -2.41. The van der Waals surface area contributed by atoms with Gasteiger partial charge in [-0.1, -0.05) is 12.1 Å². The lowest BCUT2D eigenvalue weighted by molar-refractivity contribution is -0.385. The molecule has 0 aliphatic carbocycles. The van der Waals surface area contributed by atoms with E-state index in [9.17, 15) is 10.1 Å². The molecule has 0 fully saturated rings. The van der Waals surface area contributed by atoms with Crippen molar-refractivity contribution in [2.45, 2.75) is 13.3 Å². The summed E-state index contributed by atoms with van der Waals surface area (Å²) in [5, 5.41) is 17.3. The molecule has 0 unspecified atom stereocenters. The van der Waals surface area contributed by atoms with Crippen LogP contribution in [0.25, 0.3) is 0 Å². The molecule has 0 saturated heterocycles. The fourth-order valence-electron chi connectivity index (χ4n) is 2.40. The highest BCUT2D eigenvalue weighted by Crippen LogP contribution is 2.32. The lowest BCUT2D eigenvalue weighted by Gasteiger charge is -2.23. The van der Waals surface area contributed by atoms with Crippen molar-refractivity contribution in [3.63, 3.8) is 0 Å². The van der Waals surface area contributed by atoms with E-state index in [1.165, 1.54) is 12.3 Å². The van der Waals surface area contributed by atoms with Crippen LogP contribution in [0.1, 0.15) is 6.92 Å². The van der Waals surface area contributed by atoms with Crippen molar-refractivity contribution in [3.05, 3.63) is 52.7 Å². The molecule has 1 atom stereocenters. The quantitative estimate of drug-likeness (QED) is 0.661. The van der Waals surface area contributed by atoms with Crippen molar-refractivity contribution in [2.75, 3.05) is 23.5 Å². The van der Waals surface area contributed by atoms with Crippen LogP contribution < -0.4 is 15.5 Å². The molecule has 0 bridgehead atoms. The van der Waals surface area contributed by atoms with E-state index in [0.29, 0.717) is 19.1 Å². The standard InChI is InChI=1S/C15H17N5O3/c1-2-23-15-17-10-19(13-6-4-3-5-12(13)18-15)14-8-7-11(9-16-14)20(21)22/h3-9,15,17-18H,2,10H2,1H3/t15-/m0/s1. The fraction of sp³-hybridized carbons (Fsp3) is 0.267. The van der Waals surface area contributed by atoms with Gasteiger partial charge in [-0.25, -0.2) is 4.98 Å². The second-order valence-corrected chi connectivity index (χ2v) is 4.92. The molecule has 0 amide bonds. The number of fused-ring (bicyclic) bond motifs is 1. The number of benzene rings is 1. The van der Waals surface area contributed by atoms with Crippen LogP contribution in [0, 0.1) is 10.1 Å². The van der Waals surface area contributed by atoms with Gasteiger partial charge in [-0.15, -0.1) is 0 Å². The molecule has 0 saturated carbocycles. The number of rotatable bonds is 4. The smallest absolute Gasteiger partial charge is 0.287 e. The summed E-state index contributed by atoms with van der Waals surface area (Å²) < 4.78 is 5.60. The Balaban J connectivity index is 1.94. The molecule has 2 heterocycles. The highest BCUT2D eigenvalue weighted by atomic mass is 16.6. The maximum Gasteiger partial charge on any atom is 0.287 e. The first-order chi connectivity index (χ1) is 11.2. The molecule has 2 aromatic rings. The van der Waals surface area contributed by atoms with E-state index in [1.54, 1.807) is 6.07 Å². The van der Waals surface area contributed by atoms with E-state index in [4.69, 9.17) is 4.74 Å². The molecule has 23 heavy (non-hydrogen) atoms. The minimum absolute atomic E-state index is 0.0323. The molecular weight excluding hydrogens is 298 g/mol. The van der Waals surface area contributed by atoms with Gasteiger partial charge >= 0.3 is 0 Å². The molecular formula is C15H17N5O3. The first-order valence-electron chi connectivity index (χ1n) is 7.27. The second kappa shape index (κ2) is 6.59. The third-order valence-electron chi connectivity index (χ3n) is 3.47. The van der Waals surface area contributed by atoms with Crippen LogP contribution >= 0.6 is 0 Å². The van der Waals surface area contributed by atoms with Crippen LogP contribution in [0.15, 0.2) is 42.6 Å². The van der Waals surface area contributed by atoms with Crippen LogP contribution in [0.2, 0.25) is 0 Å². The molecule has 1 aliphatic heterocycles. The Morgan fingerprint density at radius 2 is 2.22 bits per heavy atom. The summed E-state index contributed by atoms with van der Waals surface area (Å²) in [6.45, 7) is 2.96. The molecule has 3 rings (SSSR count). The van der Waals surface area contributed by atoms with Crippen LogP contribution in [0.3, 0.4) is 0 Å². The Hall–Kier alpha value is -2.71. The number of nitrogens with zero attached hydrogens (tertiary/aromatic N) is 3. The predicted molar refractivity (Wildman–Crippen MR) is 86.5 cm³/mol. The van der Waals surface area contributed by atoms with Gasteiger partial charge in [0, 0.05) is 12.7 Å². The SMILES string of the molecule is CCO[C@H]1NCN(c2ccc([N+](=O)[O-])cn2)c2ccccc2N1. The van der Waals surface area contributed by atoms with E-state index >= 15 is 0 Å². The van der Waals surface area contributed by atoms with Gasteiger partial charge in [0.2, 0.25) is 0 Å². The average molecular weight is 315 g/mol. The van der Waals surface area contributed by atoms with E-state index in [1.807, 2.05) is 36.1 Å². The summed E-state index contributed by atoms with van der Waals surface area (Å²) in [4.78, 5) is 16.5. The van der Waals surface area contributed by atoms with Gasteiger partial charge in [-0.3, -0.25) is 15.4 Å². The zero-order valence-corrected chi connectivity index (χ0v) is 12.6. The summed E-state index contributed by atoms with van der Waals surface area (Å²) in [5.74, 6) is 0.620. The van der Waals surface area contributed by atoms with E-state index < -0.39 is 4.92 Å². The monoisotopic (exact) mass is 315 g/mol. The molecule has 120 valence electrons. The number of pyridine rings is 1. The molecule has 0 radical (unpaired) electrons. The van der Waals surface area contributed by atoms with Gasteiger partial charge < -0.3 is 15.0 Å². The number of hydrogen-bond donors (Lipinski definition) is 2. The molecule has 1 aromatic carbocycles. The number of ether oxygens (including phenoxy) is 1. The molecule has 2 N–H and O–H groups in total. The van der Waals surface area contributed by atoms with Crippen molar-refractivity contribution in [1.29, 1.82) is 0 Å². The Labute approximate surface area is 133 Å². The van der Waals surface area contributed by atoms with Crippen molar-refractivity contribution in [2.24, 2.45) is 0 Å². The maximum absolute atomic E-state index is 10.8. The second-order valence-electron chi connectivity index (χ2n) is 4.92. The first-order valence-corrected chi connectivity index (χ1v) is 7.27. The number of para-hydroxylation sites is 2. The topological polar surface area (TPSA) is 92.6 Å². The summed E-state index contributed by atoms with van der Waals surface area (Å²) in [5.41, 5.74) is 1.79. The third-order valence-corrected chi connectivity index (χ3v) is 3.47. The van der Waals surface area contributed by atoms with E-state index in [2.05, 4.69) is 15.6 Å². The number of nitrogens with one attached hydrogen (secondary N) is 2. The van der Waals surface area contributed by atoms with Gasteiger partial charge in [0.15, 0.2) is 6.35 Å². The van der Waals surface area contributed by atoms with Crippen LogP contribution in [-0.4, -0.2) is 29.5 Å². The summed E-state index contributed by atoms with van der Waals surface area (Å²) in [6, 6.07) is 10.9. The van der Waals surface area contributed by atoms with Crippen LogP contribution in [0.4, 0.5) is 22.9 Å². The minimum atomic E-state index is -0.460. The number of hydrogen-bond acceptors (Lipinski definition) is 7. The Kier molecular flexibility index (Phi) is 4.35. The molecule has 1 aromatic heterocycles. The van der Waals surface area contributed by atoms with E-state index in [0.717, 1.165) is 11.4 Å². The van der Waals surface area contributed by atoms with Crippen LogP contribution in [-0.2, 0) is 4.74 Å². The predicted octanol–water partition coefficient (Wildman–Crippen LogP) is 2.42. The van der Waals surface area contributed by atoms with Gasteiger partial charge in [-0.2, -0.15) is 0 Å². The highest BCUT2D eigenvalue weighted by Gasteiger charge is 2.22. The Morgan fingerprint density at radius 3 is 2.91 bits per heavy atom. The fourth-order valence-corrected chi connectivity index (χ4v) is 2.40. The zero-order chi connectivity index (χ0) is 16.2. The average Bonchev–Trinajstić information content (AvgIpc) is 2.74.